The van der Waals surface area contributed by atoms with E-state index in [2.05, 4.69) is 15.1 Å². The number of aromatic nitrogens is 3. The van der Waals surface area contributed by atoms with Crippen LogP contribution in [0.1, 0.15) is 18.7 Å². The molecule has 2 aromatic heterocycles. The smallest absolute Gasteiger partial charge is 0.258 e. The molecule has 0 saturated carbocycles. The van der Waals surface area contributed by atoms with Crippen molar-refractivity contribution in [3.05, 3.63) is 30.4 Å². The summed E-state index contributed by atoms with van der Waals surface area (Å²) in [6.07, 6.45) is 5.97. The Bertz CT molecular complexity index is 747. The number of piperidine rings is 1. The molecule has 1 saturated heterocycles. The van der Waals surface area contributed by atoms with Crippen LogP contribution in [0.15, 0.2) is 29.0 Å². The Morgan fingerprint density at radius 1 is 1.39 bits per heavy atom. The molecular weight excluding hydrogens is 320 g/mol. The van der Waals surface area contributed by atoms with Crippen molar-refractivity contribution in [3.8, 4) is 11.5 Å². The minimum atomic E-state index is -3.18. The Balaban J connectivity index is 1.58. The van der Waals surface area contributed by atoms with Gasteiger partial charge in [-0.1, -0.05) is 5.16 Å². The zero-order valence-electron chi connectivity index (χ0n) is 12.8. The molecule has 0 amide bonds. The summed E-state index contributed by atoms with van der Waals surface area (Å²) in [5, 5.41) is 3.88. The van der Waals surface area contributed by atoms with Gasteiger partial charge in [0.05, 0.1) is 12.4 Å². The number of rotatable bonds is 5. The third kappa shape index (κ3) is 4.12. The van der Waals surface area contributed by atoms with Crippen molar-refractivity contribution in [3.63, 3.8) is 0 Å². The van der Waals surface area contributed by atoms with Crippen LogP contribution in [0.2, 0.25) is 0 Å². The van der Waals surface area contributed by atoms with E-state index in [9.17, 15) is 8.42 Å². The van der Waals surface area contributed by atoms with E-state index in [-0.39, 0.29) is 12.7 Å². The molecule has 3 heterocycles. The zero-order valence-corrected chi connectivity index (χ0v) is 13.6. The van der Waals surface area contributed by atoms with Gasteiger partial charge in [-0.15, -0.1) is 0 Å². The van der Waals surface area contributed by atoms with E-state index in [1.807, 2.05) is 0 Å². The highest BCUT2D eigenvalue weighted by molar-refractivity contribution is 7.88. The lowest BCUT2D eigenvalue weighted by Gasteiger charge is -2.30. The number of ether oxygens (including phenoxy) is 1. The fourth-order valence-electron chi connectivity index (χ4n) is 2.46. The van der Waals surface area contributed by atoms with Crippen molar-refractivity contribution < 1.29 is 17.7 Å². The summed E-state index contributed by atoms with van der Waals surface area (Å²) in [6, 6.07) is 3.56. The van der Waals surface area contributed by atoms with Gasteiger partial charge in [-0.3, -0.25) is 4.98 Å². The molecule has 0 radical (unpaired) electrons. The third-order valence-corrected chi connectivity index (χ3v) is 4.92. The monoisotopic (exact) mass is 338 g/mol. The Labute approximate surface area is 134 Å². The topological polar surface area (TPSA) is 98.4 Å². The molecule has 1 unspecified atom stereocenters. The van der Waals surface area contributed by atoms with E-state index >= 15 is 0 Å². The molecule has 8 nitrogen and oxygen atoms in total. The van der Waals surface area contributed by atoms with Crippen molar-refractivity contribution in [2.75, 3.05) is 19.3 Å². The molecule has 2 aromatic rings. The molecule has 9 heteroatoms. The van der Waals surface area contributed by atoms with Gasteiger partial charge in [0.1, 0.15) is 6.61 Å². The highest BCUT2D eigenvalue weighted by Gasteiger charge is 2.26. The maximum atomic E-state index is 11.6. The third-order valence-electron chi connectivity index (χ3n) is 3.65. The molecule has 1 aliphatic rings. The number of sulfonamides is 1. The molecule has 1 atom stereocenters. The van der Waals surface area contributed by atoms with Crippen LogP contribution in [0.5, 0.6) is 0 Å². The van der Waals surface area contributed by atoms with Gasteiger partial charge in [-0.05, 0) is 25.0 Å². The van der Waals surface area contributed by atoms with Crippen molar-refractivity contribution in [1.82, 2.24) is 19.4 Å². The second kappa shape index (κ2) is 6.73. The second-order valence-electron chi connectivity index (χ2n) is 5.45. The molecule has 0 spiro atoms. The van der Waals surface area contributed by atoms with Gasteiger partial charge in [0, 0.05) is 31.0 Å². The Kier molecular flexibility index (Phi) is 4.69. The lowest BCUT2D eigenvalue weighted by molar-refractivity contribution is 0.00451. The first kappa shape index (κ1) is 16.0. The van der Waals surface area contributed by atoms with Gasteiger partial charge in [-0.25, -0.2) is 8.42 Å². The van der Waals surface area contributed by atoms with Crippen LogP contribution in [0.3, 0.4) is 0 Å². The SMILES string of the molecule is CS(=O)(=O)N1CCCC(OCc2noc(-c3ccncc3)n2)C1. The average molecular weight is 338 g/mol. The van der Waals surface area contributed by atoms with E-state index in [0.29, 0.717) is 24.8 Å². The van der Waals surface area contributed by atoms with Crippen molar-refractivity contribution in [2.45, 2.75) is 25.6 Å². The van der Waals surface area contributed by atoms with Crippen molar-refractivity contribution in [2.24, 2.45) is 0 Å². The maximum Gasteiger partial charge on any atom is 0.258 e. The summed E-state index contributed by atoms with van der Waals surface area (Å²) in [7, 11) is -3.18. The fourth-order valence-corrected chi connectivity index (χ4v) is 3.36. The summed E-state index contributed by atoms with van der Waals surface area (Å²) >= 11 is 0. The minimum Gasteiger partial charge on any atom is -0.369 e. The van der Waals surface area contributed by atoms with Crippen LogP contribution < -0.4 is 0 Å². The van der Waals surface area contributed by atoms with Gasteiger partial charge in [0.15, 0.2) is 5.82 Å². The molecule has 1 fully saturated rings. The molecule has 3 rings (SSSR count). The molecule has 124 valence electrons. The fraction of sp³-hybridized carbons (Fsp3) is 0.500. The minimum absolute atomic E-state index is 0.152. The Morgan fingerprint density at radius 3 is 2.91 bits per heavy atom. The lowest BCUT2D eigenvalue weighted by Crippen LogP contribution is -2.42. The summed E-state index contributed by atoms with van der Waals surface area (Å²) in [6.45, 7) is 1.11. The van der Waals surface area contributed by atoms with E-state index in [1.54, 1.807) is 24.5 Å². The van der Waals surface area contributed by atoms with Crippen LogP contribution >= 0.6 is 0 Å². The zero-order chi connectivity index (χ0) is 16.3. The summed E-state index contributed by atoms with van der Waals surface area (Å²) < 4.78 is 35.6. The van der Waals surface area contributed by atoms with E-state index in [1.165, 1.54) is 10.6 Å². The highest BCUT2D eigenvalue weighted by Crippen LogP contribution is 2.18. The van der Waals surface area contributed by atoms with E-state index in [4.69, 9.17) is 9.26 Å². The average Bonchev–Trinajstić information content (AvgIpc) is 3.02. The molecule has 0 N–H and O–H groups in total. The van der Waals surface area contributed by atoms with Gasteiger partial charge in [-0.2, -0.15) is 9.29 Å². The van der Waals surface area contributed by atoms with Crippen LogP contribution in [-0.4, -0.2) is 53.3 Å². The summed E-state index contributed by atoms with van der Waals surface area (Å²) in [5.41, 5.74) is 0.791. The van der Waals surface area contributed by atoms with Gasteiger partial charge >= 0.3 is 0 Å². The predicted octanol–water partition coefficient (Wildman–Crippen LogP) is 1.07. The number of nitrogens with zero attached hydrogens (tertiary/aromatic N) is 4. The Hall–Kier alpha value is -1.84. The first-order valence-corrected chi connectivity index (χ1v) is 9.17. The van der Waals surface area contributed by atoms with E-state index in [0.717, 1.165) is 18.4 Å². The first-order chi connectivity index (χ1) is 11.0. The first-order valence-electron chi connectivity index (χ1n) is 7.32. The maximum absolute atomic E-state index is 11.6. The normalized spacial score (nSPS) is 19.8. The molecule has 1 aliphatic heterocycles. The van der Waals surface area contributed by atoms with Crippen LogP contribution in [0.4, 0.5) is 0 Å². The molecule has 0 bridgehead atoms. The lowest BCUT2D eigenvalue weighted by atomic mass is 10.1. The largest absolute Gasteiger partial charge is 0.369 e. The molecule has 0 aliphatic carbocycles. The van der Waals surface area contributed by atoms with E-state index < -0.39 is 10.0 Å². The van der Waals surface area contributed by atoms with Crippen molar-refractivity contribution in [1.29, 1.82) is 0 Å². The number of hydrogen-bond donors (Lipinski definition) is 0. The second-order valence-corrected chi connectivity index (χ2v) is 7.43. The molecule has 0 aromatic carbocycles. The van der Waals surface area contributed by atoms with Crippen LogP contribution in [0, 0.1) is 0 Å². The standard InChI is InChI=1S/C14H18N4O4S/c1-23(19,20)18-8-2-3-12(9-18)21-10-13-16-14(22-17-13)11-4-6-15-7-5-11/h4-7,12H,2-3,8-10H2,1H3. The summed E-state index contributed by atoms with van der Waals surface area (Å²) in [5.74, 6) is 0.848. The predicted molar refractivity (Wildman–Crippen MR) is 81.8 cm³/mol. The van der Waals surface area contributed by atoms with Gasteiger partial charge < -0.3 is 9.26 Å². The highest BCUT2D eigenvalue weighted by atomic mass is 32.2. The van der Waals surface area contributed by atoms with Crippen LogP contribution in [-0.2, 0) is 21.4 Å². The molecular formula is C14H18N4O4S. The molecule has 23 heavy (non-hydrogen) atoms. The number of pyridine rings is 1. The van der Waals surface area contributed by atoms with Gasteiger partial charge in [0.25, 0.3) is 5.89 Å². The van der Waals surface area contributed by atoms with Crippen LogP contribution in [0.25, 0.3) is 11.5 Å². The Morgan fingerprint density at radius 2 is 2.17 bits per heavy atom. The van der Waals surface area contributed by atoms with Crippen molar-refractivity contribution >= 4 is 10.0 Å². The van der Waals surface area contributed by atoms with Gasteiger partial charge in [0.2, 0.25) is 10.0 Å². The quantitative estimate of drug-likeness (QED) is 0.804. The summed E-state index contributed by atoms with van der Waals surface area (Å²) in [4.78, 5) is 8.20. The number of hydrogen-bond acceptors (Lipinski definition) is 7.